The summed E-state index contributed by atoms with van der Waals surface area (Å²) in [6.45, 7) is 4.31. The molecule has 1 saturated carbocycles. The molecule has 2 fully saturated rings. The maximum Gasteiger partial charge on any atom is 0.225 e. The minimum atomic E-state index is 0. The standard InChI is InChI=1S/C18H27N3O.ClH/c22-18(20-17-4-2-1-3-5-17)10-13-21-11-8-16(9-12-21)19-14-15-6-7-15;/h1-5,15-16,19H,6-14H2,(H,20,22);1H. The van der Waals surface area contributed by atoms with Crippen LogP contribution in [0.5, 0.6) is 0 Å². The zero-order chi connectivity index (χ0) is 15.2. The predicted molar refractivity (Wildman–Crippen MR) is 97.1 cm³/mol. The van der Waals surface area contributed by atoms with E-state index in [4.69, 9.17) is 0 Å². The highest BCUT2D eigenvalue weighted by molar-refractivity contribution is 5.90. The van der Waals surface area contributed by atoms with Gasteiger partial charge in [0.15, 0.2) is 0 Å². The fraction of sp³-hybridized carbons (Fsp3) is 0.611. The molecule has 0 radical (unpaired) electrons. The van der Waals surface area contributed by atoms with E-state index in [1.165, 1.54) is 32.2 Å². The first kappa shape index (κ1) is 18.2. The monoisotopic (exact) mass is 337 g/mol. The summed E-state index contributed by atoms with van der Waals surface area (Å²) in [5, 5.41) is 6.65. The van der Waals surface area contributed by atoms with Gasteiger partial charge >= 0.3 is 0 Å². The van der Waals surface area contributed by atoms with Gasteiger partial charge in [-0.1, -0.05) is 18.2 Å². The summed E-state index contributed by atoms with van der Waals surface area (Å²) in [6, 6.07) is 10.4. The zero-order valence-corrected chi connectivity index (χ0v) is 14.5. The van der Waals surface area contributed by atoms with Gasteiger partial charge in [-0.05, 0) is 63.4 Å². The number of rotatable bonds is 7. The molecule has 1 amide bonds. The van der Waals surface area contributed by atoms with Crippen LogP contribution in [0.15, 0.2) is 30.3 Å². The largest absolute Gasteiger partial charge is 0.326 e. The Morgan fingerprint density at radius 1 is 1.09 bits per heavy atom. The number of hydrogen-bond acceptors (Lipinski definition) is 3. The van der Waals surface area contributed by atoms with E-state index in [1.54, 1.807) is 0 Å². The number of benzene rings is 1. The van der Waals surface area contributed by atoms with Gasteiger partial charge in [0.05, 0.1) is 0 Å². The fourth-order valence-electron chi connectivity index (χ4n) is 3.02. The van der Waals surface area contributed by atoms with Crippen molar-refractivity contribution in [3.8, 4) is 0 Å². The Hall–Kier alpha value is -1.10. The van der Waals surface area contributed by atoms with Crippen LogP contribution in [0.3, 0.4) is 0 Å². The van der Waals surface area contributed by atoms with E-state index in [1.807, 2.05) is 30.3 Å². The Labute approximate surface area is 145 Å². The Bertz CT molecular complexity index is 470. The fourth-order valence-corrected chi connectivity index (χ4v) is 3.02. The van der Waals surface area contributed by atoms with Crippen molar-refractivity contribution in [2.75, 3.05) is 31.5 Å². The van der Waals surface area contributed by atoms with Gasteiger partial charge in [0.1, 0.15) is 0 Å². The zero-order valence-electron chi connectivity index (χ0n) is 13.7. The third-order valence-electron chi connectivity index (χ3n) is 4.69. The first-order valence-electron chi connectivity index (χ1n) is 8.60. The maximum atomic E-state index is 12.0. The molecule has 4 nitrogen and oxygen atoms in total. The molecule has 0 atom stereocenters. The molecule has 0 spiro atoms. The van der Waals surface area contributed by atoms with E-state index < -0.39 is 0 Å². The maximum absolute atomic E-state index is 12.0. The van der Waals surface area contributed by atoms with Crippen LogP contribution in [0.2, 0.25) is 0 Å². The number of piperidine rings is 1. The molecule has 1 saturated heterocycles. The lowest BCUT2D eigenvalue weighted by Crippen LogP contribution is -2.43. The summed E-state index contributed by atoms with van der Waals surface area (Å²) in [7, 11) is 0. The molecule has 1 heterocycles. The second-order valence-electron chi connectivity index (χ2n) is 6.63. The quantitative estimate of drug-likeness (QED) is 0.804. The van der Waals surface area contributed by atoms with Crippen molar-refractivity contribution in [2.45, 2.75) is 38.1 Å². The molecule has 1 aliphatic carbocycles. The van der Waals surface area contributed by atoms with E-state index in [9.17, 15) is 4.79 Å². The molecule has 2 aliphatic rings. The highest BCUT2D eigenvalue weighted by atomic mass is 35.5. The summed E-state index contributed by atoms with van der Waals surface area (Å²) in [5.41, 5.74) is 0.885. The Balaban J connectivity index is 0.00000192. The van der Waals surface area contributed by atoms with Crippen molar-refractivity contribution in [2.24, 2.45) is 5.92 Å². The van der Waals surface area contributed by atoms with E-state index in [0.717, 1.165) is 31.2 Å². The molecular formula is C18H28ClN3O. The molecule has 0 aromatic heterocycles. The van der Waals surface area contributed by atoms with Gasteiger partial charge in [0.2, 0.25) is 5.91 Å². The van der Waals surface area contributed by atoms with Gasteiger partial charge in [-0.2, -0.15) is 0 Å². The molecule has 1 aromatic carbocycles. The van der Waals surface area contributed by atoms with Crippen molar-refractivity contribution < 1.29 is 4.79 Å². The lowest BCUT2D eigenvalue weighted by atomic mass is 10.0. The van der Waals surface area contributed by atoms with Gasteiger partial charge < -0.3 is 15.5 Å². The third-order valence-corrected chi connectivity index (χ3v) is 4.69. The third kappa shape index (κ3) is 6.50. The van der Waals surface area contributed by atoms with Crippen LogP contribution in [0, 0.1) is 5.92 Å². The lowest BCUT2D eigenvalue weighted by Gasteiger charge is -2.32. The first-order valence-corrected chi connectivity index (χ1v) is 8.60. The number of likely N-dealkylation sites (tertiary alicyclic amines) is 1. The van der Waals surface area contributed by atoms with E-state index in [-0.39, 0.29) is 18.3 Å². The summed E-state index contributed by atoms with van der Waals surface area (Å²) in [6.07, 6.45) is 5.85. The molecule has 1 aromatic rings. The van der Waals surface area contributed by atoms with Crippen LogP contribution in [0.25, 0.3) is 0 Å². The summed E-state index contributed by atoms with van der Waals surface area (Å²) in [4.78, 5) is 14.4. The van der Waals surface area contributed by atoms with Gasteiger partial charge in [0.25, 0.3) is 0 Å². The summed E-state index contributed by atoms with van der Waals surface area (Å²) < 4.78 is 0. The van der Waals surface area contributed by atoms with Crippen LogP contribution >= 0.6 is 12.4 Å². The lowest BCUT2D eigenvalue weighted by molar-refractivity contribution is -0.116. The number of para-hydroxylation sites is 1. The second-order valence-corrected chi connectivity index (χ2v) is 6.63. The number of carbonyl (C=O) groups excluding carboxylic acids is 1. The molecule has 2 N–H and O–H groups in total. The van der Waals surface area contributed by atoms with Gasteiger partial charge in [-0.25, -0.2) is 0 Å². The second kappa shape index (κ2) is 9.26. The number of carbonyl (C=O) groups is 1. The number of amides is 1. The number of hydrogen-bond donors (Lipinski definition) is 2. The minimum Gasteiger partial charge on any atom is -0.326 e. The summed E-state index contributed by atoms with van der Waals surface area (Å²) >= 11 is 0. The molecule has 128 valence electrons. The van der Waals surface area contributed by atoms with Gasteiger partial charge in [-0.15, -0.1) is 12.4 Å². The van der Waals surface area contributed by atoms with E-state index in [2.05, 4.69) is 15.5 Å². The van der Waals surface area contributed by atoms with E-state index in [0.29, 0.717) is 12.5 Å². The molecule has 0 unspecified atom stereocenters. The summed E-state index contributed by atoms with van der Waals surface area (Å²) in [5.74, 6) is 1.07. The Morgan fingerprint density at radius 2 is 1.78 bits per heavy atom. The number of nitrogens with zero attached hydrogens (tertiary/aromatic N) is 1. The molecule has 5 heteroatoms. The molecule has 0 bridgehead atoms. The Kier molecular flexibility index (Phi) is 7.34. The number of halogens is 1. The van der Waals surface area contributed by atoms with Crippen LogP contribution in [0.1, 0.15) is 32.1 Å². The minimum absolute atomic E-state index is 0. The van der Waals surface area contributed by atoms with Gasteiger partial charge in [0, 0.05) is 24.7 Å². The normalized spacial score (nSPS) is 19.1. The van der Waals surface area contributed by atoms with Crippen molar-refractivity contribution in [3.05, 3.63) is 30.3 Å². The van der Waals surface area contributed by atoms with Gasteiger partial charge in [-0.3, -0.25) is 4.79 Å². The molecular weight excluding hydrogens is 310 g/mol. The van der Waals surface area contributed by atoms with Crippen LogP contribution < -0.4 is 10.6 Å². The average Bonchev–Trinajstić information content (AvgIpc) is 3.37. The smallest absolute Gasteiger partial charge is 0.225 e. The first-order chi connectivity index (χ1) is 10.8. The van der Waals surface area contributed by atoms with Crippen molar-refractivity contribution >= 4 is 24.0 Å². The number of nitrogens with one attached hydrogen (secondary N) is 2. The predicted octanol–water partition coefficient (Wildman–Crippen LogP) is 2.90. The highest BCUT2D eigenvalue weighted by Gasteiger charge is 2.24. The highest BCUT2D eigenvalue weighted by Crippen LogP contribution is 2.28. The van der Waals surface area contributed by atoms with Crippen molar-refractivity contribution in [3.63, 3.8) is 0 Å². The molecule has 3 rings (SSSR count). The Morgan fingerprint density at radius 3 is 2.43 bits per heavy atom. The molecule has 1 aliphatic heterocycles. The molecule has 23 heavy (non-hydrogen) atoms. The van der Waals surface area contributed by atoms with E-state index >= 15 is 0 Å². The number of anilines is 1. The van der Waals surface area contributed by atoms with Crippen LogP contribution in [-0.4, -0.2) is 43.0 Å². The topological polar surface area (TPSA) is 44.4 Å². The average molecular weight is 338 g/mol. The van der Waals surface area contributed by atoms with Crippen molar-refractivity contribution in [1.82, 2.24) is 10.2 Å². The van der Waals surface area contributed by atoms with Crippen LogP contribution in [-0.2, 0) is 4.79 Å². The SMILES string of the molecule is Cl.O=C(CCN1CCC(NCC2CC2)CC1)Nc1ccccc1. The van der Waals surface area contributed by atoms with Crippen LogP contribution in [0.4, 0.5) is 5.69 Å². The van der Waals surface area contributed by atoms with Crippen molar-refractivity contribution in [1.29, 1.82) is 0 Å².